The molecule has 1 aliphatic heterocycles. The van der Waals surface area contributed by atoms with Gasteiger partial charge in [0, 0.05) is 30.9 Å². The standard InChI is InChI=1S/C15H25N3/c1-12-5-4-6-14(9-12)18-10-13(2)17(3)11-15(18)7-8-16/h4-6,9,13,15H,7-8,10-11,16H2,1-3H3. The Morgan fingerprint density at radius 2 is 2.11 bits per heavy atom. The molecule has 3 nitrogen and oxygen atoms in total. The molecule has 18 heavy (non-hydrogen) atoms. The van der Waals surface area contributed by atoms with Crippen molar-refractivity contribution in [2.45, 2.75) is 32.4 Å². The maximum Gasteiger partial charge on any atom is 0.0429 e. The van der Waals surface area contributed by atoms with Gasteiger partial charge in [-0.15, -0.1) is 0 Å². The van der Waals surface area contributed by atoms with Crippen LogP contribution in [0.15, 0.2) is 24.3 Å². The summed E-state index contributed by atoms with van der Waals surface area (Å²) in [6.45, 7) is 7.40. The second-order valence-corrected chi connectivity index (χ2v) is 5.51. The molecule has 2 atom stereocenters. The average molecular weight is 247 g/mol. The molecule has 0 aliphatic carbocycles. The Hall–Kier alpha value is -1.06. The third kappa shape index (κ3) is 2.85. The van der Waals surface area contributed by atoms with E-state index in [0.29, 0.717) is 12.1 Å². The molecule has 0 bridgehead atoms. The van der Waals surface area contributed by atoms with Crippen molar-refractivity contribution < 1.29 is 0 Å². The van der Waals surface area contributed by atoms with E-state index in [1.807, 2.05) is 0 Å². The predicted molar refractivity (Wildman–Crippen MR) is 78.1 cm³/mol. The normalized spacial score (nSPS) is 25.4. The molecular formula is C15H25N3. The van der Waals surface area contributed by atoms with Crippen LogP contribution in [0.4, 0.5) is 5.69 Å². The number of hydrogen-bond acceptors (Lipinski definition) is 3. The summed E-state index contributed by atoms with van der Waals surface area (Å²) in [6.07, 6.45) is 1.06. The Labute approximate surface area is 111 Å². The van der Waals surface area contributed by atoms with Gasteiger partial charge in [-0.05, 0) is 51.6 Å². The van der Waals surface area contributed by atoms with Crippen LogP contribution in [-0.2, 0) is 0 Å². The van der Waals surface area contributed by atoms with Crippen LogP contribution in [0.2, 0.25) is 0 Å². The SMILES string of the molecule is Cc1cccc(N2CC(C)N(C)CC2CCN)c1. The van der Waals surface area contributed by atoms with Crippen LogP contribution in [0.5, 0.6) is 0 Å². The van der Waals surface area contributed by atoms with Gasteiger partial charge < -0.3 is 10.6 Å². The van der Waals surface area contributed by atoms with Gasteiger partial charge in [0.05, 0.1) is 0 Å². The number of likely N-dealkylation sites (N-methyl/N-ethyl adjacent to an activating group) is 1. The molecule has 0 radical (unpaired) electrons. The van der Waals surface area contributed by atoms with Crippen molar-refractivity contribution in [3.8, 4) is 0 Å². The fourth-order valence-corrected chi connectivity index (χ4v) is 2.75. The number of aryl methyl sites for hydroxylation is 1. The molecule has 3 heteroatoms. The van der Waals surface area contributed by atoms with Gasteiger partial charge >= 0.3 is 0 Å². The summed E-state index contributed by atoms with van der Waals surface area (Å²) < 4.78 is 0. The molecular weight excluding hydrogens is 222 g/mol. The van der Waals surface area contributed by atoms with Crippen LogP contribution in [0.1, 0.15) is 18.9 Å². The van der Waals surface area contributed by atoms with Gasteiger partial charge in [-0.1, -0.05) is 12.1 Å². The highest BCUT2D eigenvalue weighted by Crippen LogP contribution is 2.24. The van der Waals surface area contributed by atoms with Gasteiger partial charge in [0.25, 0.3) is 0 Å². The first-order valence-corrected chi connectivity index (χ1v) is 6.85. The van der Waals surface area contributed by atoms with Gasteiger partial charge in [-0.3, -0.25) is 4.90 Å². The molecule has 2 unspecified atom stereocenters. The summed E-state index contributed by atoms with van der Waals surface area (Å²) in [5.41, 5.74) is 8.43. The maximum absolute atomic E-state index is 5.76. The van der Waals surface area contributed by atoms with Crippen molar-refractivity contribution in [3.63, 3.8) is 0 Å². The number of anilines is 1. The van der Waals surface area contributed by atoms with E-state index in [4.69, 9.17) is 5.73 Å². The molecule has 0 saturated carbocycles. The van der Waals surface area contributed by atoms with E-state index in [-0.39, 0.29) is 0 Å². The highest BCUT2D eigenvalue weighted by molar-refractivity contribution is 5.50. The van der Waals surface area contributed by atoms with Crippen LogP contribution in [0, 0.1) is 6.92 Å². The van der Waals surface area contributed by atoms with Crippen LogP contribution in [0.25, 0.3) is 0 Å². The molecule has 0 spiro atoms. The lowest BCUT2D eigenvalue weighted by Gasteiger charge is -2.45. The molecule has 1 fully saturated rings. The first kappa shape index (κ1) is 13.4. The van der Waals surface area contributed by atoms with Crippen LogP contribution >= 0.6 is 0 Å². The monoisotopic (exact) mass is 247 g/mol. The highest BCUT2D eigenvalue weighted by atomic mass is 15.3. The van der Waals surface area contributed by atoms with Crippen LogP contribution in [0.3, 0.4) is 0 Å². The summed E-state index contributed by atoms with van der Waals surface area (Å²) in [4.78, 5) is 4.97. The second kappa shape index (κ2) is 5.72. The van der Waals surface area contributed by atoms with Crippen molar-refractivity contribution >= 4 is 5.69 Å². The fraction of sp³-hybridized carbons (Fsp3) is 0.600. The summed E-state index contributed by atoms with van der Waals surface area (Å²) in [6, 6.07) is 9.93. The van der Waals surface area contributed by atoms with E-state index in [0.717, 1.165) is 26.1 Å². The Bertz CT molecular complexity index is 391. The fourth-order valence-electron chi connectivity index (χ4n) is 2.75. The van der Waals surface area contributed by atoms with E-state index < -0.39 is 0 Å². The van der Waals surface area contributed by atoms with E-state index in [2.05, 4.69) is 55.0 Å². The van der Waals surface area contributed by atoms with E-state index in [9.17, 15) is 0 Å². The Balaban J connectivity index is 2.22. The minimum absolute atomic E-state index is 0.540. The third-order valence-corrected chi connectivity index (χ3v) is 3.99. The van der Waals surface area contributed by atoms with Gasteiger partial charge in [0.15, 0.2) is 0 Å². The quantitative estimate of drug-likeness (QED) is 0.885. The topological polar surface area (TPSA) is 32.5 Å². The van der Waals surface area contributed by atoms with Gasteiger partial charge in [0.2, 0.25) is 0 Å². The van der Waals surface area contributed by atoms with Crippen molar-refractivity contribution in [1.82, 2.24) is 4.90 Å². The molecule has 1 heterocycles. The zero-order valence-electron chi connectivity index (χ0n) is 11.8. The third-order valence-electron chi connectivity index (χ3n) is 3.99. The highest BCUT2D eigenvalue weighted by Gasteiger charge is 2.29. The zero-order valence-corrected chi connectivity index (χ0v) is 11.8. The summed E-state index contributed by atoms with van der Waals surface area (Å²) in [7, 11) is 2.21. The number of rotatable bonds is 3. The van der Waals surface area contributed by atoms with Crippen molar-refractivity contribution in [3.05, 3.63) is 29.8 Å². The van der Waals surface area contributed by atoms with Crippen molar-refractivity contribution in [2.75, 3.05) is 31.6 Å². The Morgan fingerprint density at radius 3 is 2.78 bits per heavy atom. The van der Waals surface area contributed by atoms with E-state index in [1.165, 1.54) is 11.3 Å². The molecule has 1 aromatic carbocycles. The number of nitrogens with zero attached hydrogens (tertiary/aromatic N) is 2. The largest absolute Gasteiger partial charge is 0.366 e. The summed E-state index contributed by atoms with van der Waals surface area (Å²) in [5, 5.41) is 0. The van der Waals surface area contributed by atoms with Crippen molar-refractivity contribution in [1.29, 1.82) is 0 Å². The van der Waals surface area contributed by atoms with Crippen LogP contribution < -0.4 is 10.6 Å². The first-order valence-electron chi connectivity index (χ1n) is 6.85. The lowest BCUT2D eigenvalue weighted by atomic mass is 10.0. The molecule has 1 aromatic rings. The average Bonchev–Trinajstić information content (AvgIpc) is 2.34. The molecule has 0 aromatic heterocycles. The second-order valence-electron chi connectivity index (χ2n) is 5.51. The molecule has 1 aliphatic rings. The van der Waals surface area contributed by atoms with Gasteiger partial charge in [-0.25, -0.2) is 0 Å². The Kier molecular flexibility index (Phi) is 4.25. The first-order chi connectivity index (χ1) is 8.61. The van der Waals surface area contributed by atoms with Crippen molar-refractivity contribution in [2.24, 2.45) is 5.73 Å². The van der Waals surface area contributed by atoms with E-state index >= 15 is 0 Å². The summed E-state index contributed by atoms with van der Waals surface area (Å²) in [5.74, 6) is 0. The molecule has 100 valence electrons. The molecule has 1 saturated heterocycles. The van der Waals surface area contributed by atoms with E-state index in [1.54, 1.807) is 0 Å². The Morgan fingerprint density at radius 1 is 1.33 bits per heavy atom. The molecule has 2 rings (SSSR count). The lowest BCUT2D eigenvalue weighted by Crippen LogP contribution is -2.56. The van der Waals surface area contributed by atoms with Gasteiger partial charge in [-0.2, -0.15) is 0 Å². The zero-order chi connectivity index (χ0) is 13.1. The summed E-state index contributed by atoms with van der Waals surface area (Å²) >= 11 is 0. The number of hydrogen-bond donors (Lipinski definition) is 1. The molecule has 2 N–H and O–H groups in total. The predicted octanol–water partition coefficient (Wildman–Crippen LogP) is 1.85. The number of nitrogens with two attached hydrogens (primary N) is 1. The van der Waals surface area contributed by atoms with Gasteiger partial charge in [0.1, 0.15) is 0 Å². The maximum atomic E-state index is 5.76. The minimum Gasteiger partial charge on any atom is -0.366 e. The lowest BCUT2D eigenvalue weighted by molar-refractivity contribution is 0.196. The molecule has 0 amide bonds. The minimum atomic E-state index is 0.540. The number of benzene rings is 1. The number of piperazine rings is 1. The smallest absolute Gasteiger partial charge is 0.0429 e. The van der Waals surface area contributed by atoms with Crippen LogP contribution in [-0.4, -0.2) is 43.7 Å².